The molecule has 20 heavy (non-hydrogen) atoms. The van der Waals surface area contributed by atoms with Crippen LogP contribution in [0.2, 0.25) is 0 Å². The molecule has 0 aliphatic carbocycles. The van der Waals surface area contributed by atoms with E-state index in [9.17, 15) is 5.26 Å². The van der Waals surface area contributed by atoms with Gasteiger partial charge in [0, 0.05) is 10.9 Å². The van der Waals surface area contributed by atoms with Crippen LogP contribution in [0.4, 0.5) is 0 Å². The van der Waals surface area contributed by atoms with Gasteiger partial charge < -0.3 is 9.72 Å². The molecule has 0 radical (unpaired) electrons. The number of fused-ring (bicyclic) bond motifs is 1. The van der Waals surface area contributed by atoms with Crippen LogP contribution in [-0.2, 0) is 0 Å². The maximum absolute atomic E-state index is 9.47. The number of aromatic amines is 1. The molecule has 0 spiro atoms. The highest BCUT2D eigenvalue weighted by atomic mass is 16.5. The standard InChI is InChI=1S/C17H14N2O/c1-11-3-5-12(6-4-11)17-15(10-18)14-9-13(20-2)7-8-16(14)19-17/h3-9,19H,1-2H3. The van der Waals surface area contributed by atoms with Gasteiger partial charge in [-0.25, -0.2) is 0 Å². The third kappa shape index (κ3) is 1.92. The van der Waals surface area contributed by atoms with E-state index in [0.717, 1.165) is 27.9 Å². The predicted octanol–water partition coefficient (Wildman–Crippen LogP) is 4.02. The molecule has 3 heteroatoms. The Kier molecular flexibility index (Phi) is 2.92. The quantitative estimate of drug-likeness (QED) is 0.758. The molecule has 0 bridgehead atoms. The molecule has 1 aromatic heterocycles. The number of nitrogens with one attached hydrogen (secondary N) is 1. The number of aryl methyl sites for hydroxylation is 1. The second-order valence-electron chi connectivity index (χ2n) is 4.76. The number of nitriles is 1. The molecule has 98 valence electrons. The van der Waals surface area contributed by atoms with Gasteiger partial charge in [0.25, 0.3) is 0 Å². The van der Waals surface area contributed by atoms with E-state index in [1.165, 1.54) is 5.56 Å². The second kappa shape index (κ2) is 4.75. The van der Waals surface area contributed by atoms with Crippen molar-refractivity contribution < 1.29 is 4.74 Å². The summed E-state index contributed by atoms with van der Waals surface area (Å²) in [6.45, 7) is 2.05. The molecule has 3 rings (SSSR count). The lowest BCUT2D eigenvalue weighted by molar-refractivity contribution is 0.415. The van der Waals surface area contributed by atoms with Crippen LogP contribution >= 0.6 is 0 Å². The number of H-pyrrole nitrogens is 1. The summed E-state index contributed by atoms with van der Waals surface area (Å²) in [5, 5.41) is 10.4. The van der Waals surface area contributed by atoms with E-state index in [4.69, 9.17) is 4.74 Å². The third-order valence-electron chi connectivity index (χ3n) is 3.46. The monoisotopic (exact) mass is 262 g/mol. The van der Waals surface area contributed by atoms with Crippen molar-refractivity contribution in [3.05, 3.63) is 53.6 Å². The van der Waals surface area contributed by atoms with Crippen LogP contribution in [0.3, 0.4) is 0 Å². The van der Waals surface area contributed by atoms with Gasteiger partial charge in [0.1, 0.15) is 11.8 Å². The molecule has 1 N–H and O–H groups in total. The van der Waals surface area contributed by atoms with E-state index in [2.05, 4.69) is 11.1 Å². The first kappa shape index (κ1) is 12.3. The summed E-state index contributed by atoms with van der Waals surface area (Å²) in [7, 11) is 1.63. The average Bonchev–Trinajstić information content (AvgIpc) is 2.85. The van der Waals surface area contributed by atoms with E-state index in [1.54, 1.807) is 7.11 Å². The number of aromatic nitrogens is 1. The molecule has 3 aromatic rings. The molecular formula is C17H14N2O. The Bertz CT molecular complexity index is 807. The molecule has 0 saturated heterocycles. The summed E-state index contributed by atoms with van der Waals surface area (Å²) in [5.41, 5.74) is 4.67. The molecule has 2 aromatic carbocycles. The summed E-state index contributed by atoms with van der Waals surface area (Å²) in [6.07, 6.45) is 0. The fourth-order valence-electron chi connectivity index (χ4n) is 2.35. The van der Waals surface area contributed by atoms with Crippen LogP contribution < -0.4 is 4.74 Å². The number of nitrogens with zero attached hydrogens (tertiary/aromatic N) is 1. The molecule has 3 nitrogen and oxygen atoms in total. The van der Waals surface area contributed by atoms with Crippen molar-refractivity contribution in [1.29, 1.82) is 5.26 Å². The molecule has 1 heterocycles. The first-order valence-electron chi connectivity index (χ1n) is 6.40. The second-order valence-corrected chi connectivity index (χ2v) is 4.76. The topological polar surface area (TPSA) is 48.8 Å². The highest BCUT2D eigenvalue weighted by Crippen LogP contribution is 2.32. The number of ether oxygens (including phenoxy) is 1. The van der Waals surface area contributed by atoms with Crippen LogP contribution in [-0.4, -0.2) is 12.1 Å². The van der Waals surface area contributed by atoms with Gasteiger partial charge in [-0.2, -0.15) is 5.26 Å². The Morgan fingerprint density at radius 1 is 1.10 bits per heavy atom. The Morgan fingerprint density at radius 2 is 1.85 bits per heavy atom. The number of hydrogen-bond acceptors (Lipinski definition) is 2. The van der Waals surface area contributed by atoms with Crippen molar-refractivity contribution in [1.82, 2.24) is 4.98 Å². The van der Waals surface area contributed by atoms with Crippen molar-refractivity contribution in [2.24, 2.45) is 0 Å². The fourth-order valence-corrected chi connectivity index (χ4v) is 2.35. The van der Waals surface area contributed by atoms with Gasteiger partial charge in [-0.05, 0) is 30.7 Å². The number of benzene rings is 2. The van der Waals surface area contributed by atoms with Crippen LogP contribution in [0.25, 0.3) is 22.2 Å². The van der Waals surface area contributed by atoms with Crippen LogP contribution in [0.5, 0.6) is 5.75 Å². The zero-order chi connectivity index (χ0) is 14.1. The normalized spacial score (nSPS) is 10.4. The zero-order valence-corrected chi connectivity index (χ0v) is 11.4. The van der Waals surface area contributed by atoms with Gasteiger partial charge in [-0.1, -0.05) is 29.8 Å². The van der Waals surface area contributed by atoms with Crippen molar-refractivity contribution in [2.75, 3.05) is 7.11 Å². The van der Waals surface area contributed by atoms with E-state index in [-0.39, 0.29) is 0 Å². The lowest BCUT2D eigenvalue weighted by Gasteiger charge is -2.00. The lowest BCUT2D eigenvalue weighted by Crippen LogP contribution is -1.82. The van der Waals surface area contributed by atoms with Gasteiger partial charge in [-0.15, -0.1) is 0 Å². The maximum atomic E-state index is 9.47. The summed E-state index contributed by atoms with van der Waals surface area (Å²) >= 11 is 0. The largest absolute Gasteiger partial charge is 0.497 e. The predicted molar refractivity (Wildman–Crippen MR) is 79.7 cm³/mol. The number of rotatable bonds is 2. The summed E-state index contributed by atoms with van der Waals surface area (Å²) in [4.78, 5) is 3.32. The molecule has 0 unspecified atom stereocenters. The summed E-state index contributed by atoms with van der Waals surface area (Å²) in [5.74, 6) is 0.753. The van der Waals surface area contributed by atoms with E-state index in [0.29, 0.717) is 5.56 Å². The number of methoxy groups -OCH3 is 1. The molecular weight excluding hydrogens is 248 g/mol. The van der Waals surface area contributed by atoms with Gasteiger partial charge in [0.15, 0.2) is 0 Å². The molecule has 0 aliphatic rings. The smallest absolute Gasteiger partial charge is 0.119 e. The Balaban J connectivity index is 2.26. The van der Waals surface area contributed by atoms with Crippen LogP contribution in [0, 0.1) is 18.3 Å². The molecule has 0 atom stereocenters. The minimum Gasteiger partial charge on any atom is -0.497 e. The van der Waals surface area contributed by atoms with Gasteiger partial charge >= 0.3 is 0 Å². The minimum absolute atomic E-state index is 0.655. The van der Waals surface area contributed by atoms with Crippen molar-refractivity contribution in [3.63, 3.8) is 0 Å². The lowest BCUT2D eigenvalue weighted by atomic mass is 10.0. The molecule has 0 amide bonds. The maximum Gasteiger partial charge on any atom is 0.119 e. The first-order chi connectivity index (χ1) is 9.72. The van der Waals surface area contributed by atoms with E-state index in [1.807, 2.05) is 49.4 Å². The Morgan fingerprint density at radius 3 is 2.50 bits per heavy atom. The van der Waals surface area contributed by atoms with Crippen molar-refractivity contribution in [3.8, 4) is 23.1 Å². The first-order valence-corrected chi connectivity index (χ1v) is 6.40. The molecule has 0 aliphatic heterocycles. The van der Waals surface area contributed by atoms with Gasteiger partial charge in [0.05, 0.1) is 18.4 Å². The minimum atomic E-state index is 0.655. The Labute approximate surface area is 117 Å². The highest BCUT2D eigenvalue weighted by molar-refractivity contribution is 5.94. The van der Waals surface area contributed by atoms with Gasteiger partial charge in [0.2, 0.25) is 0 Å². The Hall–Kier alpha value is -2.73. The summed E-state index contributed by atoms with van der Waals surface area (Å²) < 4.78 is 5.23. The SMILES string of the molecule is COc1ccc2[nH]c(-c3ccc(C)cc3)c(C#N)c2c1. The zero-order valence-electron chi connectivity index (χ0n) is 11.4. The number of hydrogen-bond donors (Lipinski definition) is 1. The van der Waals surface area contributed by atoms with Crippen LogP contribution in [0.1, 0.15) is 11.1 Å². The summed E-state index contributed by atoms with van der Waals surface area (Å²) in [6, 6.07) is 16.2. The van der Waals surface area contributed by atoms with Crippen molar-refractivity contribution >= 4 is 10.9 Å². The third-order valence-corrected chi connectivity index (χ3v) is 3.46. The molecule has 0 saturated carbocycles. The molecule has 0 fully saturated rings. The van der Waals surface area contributed by atoms with Crippen LogP contribution in [0.15, 0.2) is 42.5 Å². The van der Waals surface area contributed by atoms with E-state index < -0.39 is 0 Å². The fraction of sp³-hybridized carbons (Fsp3) is 0.118. The van der Waals surface area contributed by atoms with Crippen molar-refractivity contribution in [2.45, 2.75) is 6.92 Å². The van der Waals surface area contributed by atoms with Gasteiger partial charge in [-0.3, -0.25) is 0 Å². The highest BCUT2D eigenvalue weighted by Gasteiger charge is 2.13. The average molecular weight is 262 g/mol. The van der Waals surface area contributed by atoms with E-state index >= 15 is 0 Å².